The van der Waals surface area contributed by atoms with Gasteiger partial charge in [0, 0.05) is 23.7 Å². The number of hydrogen-bond acceptors (Lipinski definition) is 3. The molecule has 144 valence electrons. The normalized spacial score (nSPS) is 14.1. The van der Waals surface area contributed by atoms with Gasteiger partial charge < -0.3 is 16.0 Å². The van der Waals surface area contributed by atoms with E-state index in [0.717, 1.165) is 31.5 Å². The van der Waals surface area contributed by atoms with E-state index < -0.39 is 0 Å². The number of carbonyl (C=O) groups is 2. The molecule has 0 aromatic heterocycles. The van der Waals surface area contributed by atoms with Crippen LogP contribution in [-0.4, -0.2) is 24.9 Å². The number of rotatable bonds is 5. The van der Waals surface area contributed by atoms with Crippen LogP contribution in [0.5, 0.6) is 0 Å². The lowest BCUT2D eigenvalue weighted by Gasteiger charge is -2.21. The molecule has 1 fully saturated rings. The maximum Gasteiger partial charge on any atom is 0.255 e. The summed E-state index contributed by atoms with van der Waals surface area (Å²) in [7, 11) is 0. The Hall–Kier alpha value is -2.44. The number of halogens is 2. The average molecular weight is 392 g/mol. The van der Waals surface area contributed by atoms with Crippen LogP contribution < -0.4 is 16.0 Å². The van der Waals surface area contributed by atoms with Gasteiger partial charge in [0.05, 0.1) is 0 Å². The van der Waals surface area contributed by atoms with Crippen LogP contribution in [0.1, 0.15) is 28.8 Å². The molecular formula is C20H23ClFN3O2. The standard InChI is InChI=1S/C20H22FN3O2.ClH/c21-17-5-7-18(8-6-17)24-20(26)15-3-1-14(2-4-15)13-23-19(25)16-9-11-22-12-10-16;/h1-8,16,22H,9-13H2,(H,23,25)(H,24,26);1H. The molecule has 27 heavy (non-hydrogen) atoms. The fourth-order valence-electron chi connectivity index (χ4n) is 2.93. The first-order chi connectivity index (χ1) is 12.6. The highest BCUT2D eigenvalue weighted by Crippen LogP contribution is 2.13. The van der Waals surface area contributed by atoms with E-state index in [1.54, 1.807) is 12.1 Å². The zero-order valence-corrected chi connectivity index (χ0v) is 15.7. The third kappa shape index (κ3) is 6.05. The molecule has 1 saturated heterocycles. The van der Waals surface area contributed by atoms with Crippen LogP contribution in [0.4, 0.5) is 10.1 Å². The van der Waals surface area contributed by atoms with Crippen molar-refractivity contribution >= 4 is 29.9 Å². The summed E-state index contributed by atoms with van der Waals surface area (Å²) in [5.41, 5.74) is 1.98. The number of nitrogens with one attached hydrogen (secondary N) is 3. The molecule has 2 aromatic carbocycles. The topological polar surface area (TPSA) is 70.2 Å². The van der Waals surface area contributed by atoms with Crippen molar-refractivity contribution in [3.8, 4) is 0 Å². The van der Waals surface area contributed by atoms with Crippen molar-refractivity contribution in [1.29, 1.82) is 0 Å². The Labute approximate surface area is 164 Å². The van der Waals surface area contributed by atoms with Gasteiger partial charge in [-0.05, 0) is 67.9 Å². The number of piperidine rings is 1. The van der Waals surface area contributed by atoms with E-state index in [0.29, 0.717) is 17.8 Å². The SMILES string of the molecule is Cl.O=C(Nc1ccc(F)cc1)c1ccc(CNC(=O)C2CCNCC2)cc1. The molecule has 7 heteroatoms. The molecular weight excluding hydrogens is 369 g/mol. The number of hydrogen-bond donors (Lipinski definition) is 3. The molecule has 0 atom stereocenters. The molecule has 0 bridgehead atoms. The zero-order valence-electron chi connectivity index (χ0n) is 14.8. The Kier molecular flexibility index (Phi) is 7.76. The van der Waals surface area contributed by atoms with Crippen LogP contribution in [0, 0.1) is 11.7 Å². The minimum Gasteiger partial charge on any atom is -0.352 e. The summed E-state index contributed by atoms with van der Waals surface area (Å²) in [6, 6.07) is 12.7. The second-order valence-electron chi connectivity index (χ2n) is 6.40. The summed E-state index contributed by atoms with van der Waals surface area (Å²) < 4.78 is 12.9. The Morgan fingerprint density at radius 1 is 1.00 bits per heavy atom. The molecule has 2 aromatic rings. The molecule has 2 amide bonds. The highest BCUT2D eigenvalue weighted by atomic mass is 35.5. The molecule has 0 unspecified atom stereocenters. The van der Waals surface area contributed by atoms with E-state index in [-0.39, 0.29) is 36.0 Å². The molecule has 0 radical (unpaired) electrons. The van der Waals surface area contributed by atoms with E-state index in [2.05, 4.69) is 16.0 Å². The van der Waals surface area contributed by atoms with E-state index in [9.17, 15) is 14.0 Å². The summed E-state index contributed by atoms with van der Waals surface area (Å²) in [4.78, 5) is 24.3. The molecule has 3 rings (SSSR count). The Morgan fingerprint density at radius 2 is 1.63 bits per heavy atom. The van der Waals surface area contributed by atoms with Gasteiger partial charge in [-0.2, -0.15) is 0 Å². The lowest BCUT2D eigenvalue weighted by atomic mass is 9.97. The molecule has 3 N–H and O–H groups in total. The highest BCUT2D eigenvalue weighted by molar-refractivity contribution is 6.04. The predicted octanol–water partition coefficient (Wildman–Crippen LogP) is 3.12. The van der Waals surface area contributed by atoms with Crippen molar-refractivity contribution in [3.05, 3.63) is 65.5 Å². The van der Waals surface area contributed by atoms with Crippen LogP contribution in [0.15, 0.2) is 48.5 Å². The Morgan fingerprint density at radius 3 is 2.26 bits per heavy atom. The van der Waals surface area contributed by atoms with Crippen LogP contribution in [0.2, 0.25) is 0 Å². The van der Waals surface area contributed by atoms with E-state index in [1.165, 1.54) is 24.3 Å². The maximum atomic E-state index is 12.9. The Balaban J connectivity index is 0.00000261. The number of anilines is 1. The molecule has 0 aliphatic carbocycles. The van der Waals surface area contributed by atoms with Crippen molar-refractivity contribution in [3.63, 3.8) is 0 Å². The second kappa shape index (κ2) is 10.0. The highest BCUT2D eigenvalue weighted by Gasteiger charge is 2.20. The van der Waals surface area contributed by atoms with Gasteiger partial charge in [-0.3, -0.25) is 9.59 Å². The number of amides is 2. The third-order valence-corrected chi connectivity index (χ3v) is 4.49. The van der Waals surface area contributed by atoms with Gasteiger partial charge in [0.1, 0.15) is 5.82 Å². The van der Waals surface area contributed by atoms with E-state index in [4.69, 9.17) is 0 Å². The van der Waals surface area contributed by atoms with Gasteiger partial charge in [-0.15, -0.1) is 12.4 Å². The summed E-state index contributed by atoms with van der Waals surface area (Å²) in [6.45, 7) is 2.22. The predicted molar refractivity (Wildman–Crippen MR) is 105 cm³/mol. The van der Waals surface area contributed by atoms with Crippen LogP contribution >= 0.6 is 12.4 Å². The van der Waals surface area contributed by atoms with Crippen molar-refractivity contribution < 1.29 is 14.0 Å². The minimum atomic E-state index is -0.348. The minimum absolute atomic E-state index is 0. The van der Waals surface area contributed by atoms with Gasteiger partial charge in [0.15, 0.2) is 0 Å². The molecule has 1 aliphatic heterocycles. The molecule has 0 saturated carbocycles. The molecule has 1 heterocycles. The lowest BCUT2D eigenvalue weighted by Crippen LogP contribution is -2.37. The van der Waals surface area contributed by atoms with Gasteiger partial charge in [-0.25, -0.2) is 4.39 Å². The average Bonchev–Trinajstić information content (AvgIpc) is 2.69. The summed E-state index contributed by atoms with van der Waals surface area (Å²) in [6.07, 6.45) is 1.74. The van der Waals surface area contributed by atoms with Crippen LogP contribution in [0.25, 0.3) is 0 Å². The largest absolute Gasteiger partial charge is 0.352 e. The maximum absolute atomic E-state index is 12.9. The second-order valence-corrected chi connectivity index (χ2v) is 6.40. The smallest absolute Gasteiger partial charge is 0.255 e. The lowest BCUT2D eigenvalue weighted by molar-refractivity contribution is -0.125. The van der Waals surface area contributed by atoms with Crippen molar-refractivity contribution in [2.75, 3.05) is 18.4 Å². The van der Waals surface area contributed by atoms with E-state index >= 15 is 0 Å². The first-order valence-corrected chi connectivity index (χ1v) is 8.76. The monoisotopic (exact) mass is 391 g/mol. The first kappa shape index (κ1) is 20.9. The number of carbonyl (C=O) groups excluding carboxylic acids is 2. The fourth-order valence-corrected chi connectivity index (χ4v) is 2.93. The quantitative estimate of drug-likeness (QED) is 0.733. The summed E-state index contributed by atoms with van der Waals surface area (Å²) in [5.74, 6) is -0.442. The molecule has 0 spiro atoms. The van der Waals surface area contributed by atoms with Crippen LogP contribution in [0.3, 0.4) is 0 Å². The van der Waals surface area contributed by atoms with E-state index in [1.807, 2.05) is 12.1 Å². The van der Waals surface area contributed by atoms with Crippen molar-refractivity contribution in [2.45, 2.75) is 19.4 Å². The summed E-state index contributed by atoms with van der Waals surface area (Å²) >= 11 is 0. The molecule has 1 aliphatic rings. The third-order valence-electron chi connectivity index (χ3n) is 4.49. The fraction of sp³-hybridized carbons (Fsp3) is 0.300. The van der Waals surface area contributed by atoms with Gasteiger partial charge in [-0.1, -0.05) is 12.1 Å². The summed E-state index contributed by atoms with van der Waals surface area (Å²) in [5, 5.41) is 8.92. The Bertz CT molecular complexity index is 760. The zero-order chi connectivity index (χ0) is 18.4. The van der Waals surface area contributed by atoms with Crippen molar-refractivity contribution in [1.82, 2.24) is 10.6 Å². The molecule has 5 nitrogen and oxygen atoms in total. The van der Waals surface area contributed by atoms with Crippen molar-refractivity contribution in [2.24, 2.45) is 5.92 Å². The van der Waals surface area contributed by atoms with Gasteiger partial charge in [0.25, 0.3) is 5.91 Å². The number of benzene rings is 2. The van der Waals surface area contributed by atoms with Gasteiger partial charge in [0.2, 0.25) is 5.91 Å². The van der Waals surface area contributed by atoms with Crippen LogP contribution in [-0.2, 0) is 11.3 Å². The first-order valence-electron chi connectivity index (χ1n) is 8.76. The van der Waals surface area contributed by atoms with Gasteiger partial charge >= 0.3 is 0 Å².